The molecule has 1 heterocycles. The number of sulfonamides is 1. The van der Waals surface area contributed by atoms with Gasteiger partial charge in [0.1, 0.15) is 0 Å². The third-order valence-corrected chi connectivity index (χ3v) is 16.1. The molecule has 6 nitrogen and oxygen atoms in total. The van der Waals surface area contributed by atoms with Gasteiger partial charge in [-0.2, -0.15) is 4.31 Å². The van der Waals surface area contributed by atoms with E-state index < -0.39 is 16.1 Å². The number of aliphatic hydroxyl groups excluding tert-OH is 2. The molecule has 0 bridgehead atoms. The quantitative estimate of drug-likeness (QED) is 0.500. The molecule has 0 aromatic carbocycles. The fourth-order valence-corrected chi connectivity index (χ4v) is 13.6. The zero-order valence-electron chi connectivity index (χ0n) is 25.2. The lowest BCUT2D eigenvalue weighted by Crippen LogP contribution is -2.59. The highest BCUT2D eigenvalue weighted by molar-refractivity contribution is 7.88. The second kappa shape index (κ2) is 8.24. The summed E-state index contributed by atoms with van der Waals surface area (Å²) in [6.07, 6.45) is 11.4. The lowest BCUT2D eigenvalue weighted by atomic mass is 9.41. The molecule has 0 aromatic rings. The molecular formula is C32H53NO5S. The van der Waals surface area contributed by atoms with Crippen LogP contribution in [0.25, 0.3) is 0 Å². The van der Waals surface area contributed by atoms with Crippen molar-refractivity contribution in [1.82, 2.24) is 4.31 Å². The molecular weight excluding hydrogens is 510 g/mol. The Bertz CT molecular complexity index is 1140. The maximum absolute atomic E-state index is 12.6. The van der Waals surface area contributed by atoms with E-state index in [4.69, 9.17) is 4.74 Å². The van der Waals surface area contributed by atoms with Crippen LogP contribution < -0.4 is 0 Å². The van der Waals surface area contributed by atoms with E-state index in [9.17, 15) is 18.6 Å². The molecule has 39 heavy (non-hydrogen) atoms. The van der Waals surface area contributed by atoms with Gasteiger partial charge in [0.25, 0.3) is 0 Å². The summed E-state index contributed by atoms with van der Waals surface area (Å²) in [6, 6.07) is 0. The summed E-state index contributed by atoms with van der Waals surface area (Å²) in [4.78, 5) is 0. The third-order valence-electron chi connectivity index (χ3n) is 14.9. The van der Waals surface area contributed by atoms with Crippen LogP contribution in [0, 0.1) is 56.7 Å². The van der Waals surface area contributed by atoms with Crippen molar-refractivity contribution in [1.29, 1.82) is 0 Å². The smallest absolute Gasteiger partial charge is 0.211 e. The van der Waals surface area contributed by atoms with E-state index in [1.165, 1.54) is 19.1 Å². The summed E-state index contributed by atoms with van der Waals surface area (Å²) < 4.78 is 33.8. The highest BCUT2D eigenvalue weighted by atomic mass is 32.2. The van der Waals surface area contributed by atoms with Crippen molar-refractivity contribution in [3.05, 3.63) is 0 Å². The van der Waals surface area contributed by atoms with Gasteiger partial charge < -0.3 is 14.9 Å². The Labute approximate surface area is 236 Å². The first-order valence-electron chi connectivity index (χ1n) is 16.1. The van der Waals surface area contributed by atoms with E-state index >= 15 is 0 Å². The summed E-state index contributed by atoms with van der Waals surface area (Å²) in [5.74, 6) is 2.25. The van der Waals surface area contributed by atoms with Gasteiger partial charge in [-0.3, -0.25) is 0 Å². The Morgan fingerprint density at radius 1 is 0.897 bits per heavy atom. The number of fused-ring (bicyclic) bond motifs is 4. The van der Waals surface area contributed by atoms with Crippen molar-refractivity contribution in [2.45, 2.75) is 123 Å². The normalized spacial score (nSPS) is 55.7. The molecule has 7 aliphatic rings. The van der Waals surface area contributed by atoms with Gasteiger partial charge in [0, 0.05) is 18.5 Å². The SMILES string of the molecule is C[C@@H]1CC(CN(CC2CC2)S(C)(=O)=O)OC2[C@H]1[C@@]1(C)CC[C@@]34C[C@@]35CCC(O)C(C)(C)[C@@H]5CCC4[C@]1(C)[C@H]2O. The van der Waals surface area contributed by atoms with Gasteiger partial charge in [0.2, 0.25) is 10.0 Å². The minimum absolute atomic E-state index is 0.0161. The first kappa shape index (κ1) is 27.6. The lowest BCUT2D eigenvalue weighted by Gasteiger charge is -2.63. The van der Waals surface area contributed by atoms with E-state index in [1.54, 1.807) is 4.31 Å². The molecule has 0 amide bonds. The van der Waals surface area contributed by atoms with Crippen LogP contribution in [0.2, 0.25) is 0 Å². The van der Waals surface area contributed by atoms with Crippen LogP contribution >= 0.6 is 0 Å². The Morgan fingerprint density at radius 3 is 2.23 bits per heavy atom. The molecule has 1 aliphatic heterocycles. The molecule has 7 heteroatoms. The molecule has 2 spiro atoms. The number of nitrogens with zero attached hydrogens (tertiary/aromatic N) is 1. The maximum atomic E-state index is 12.6. The highest BCUT2D eigenvalue weighted by Crippen LogP contribution is 2.89. The summed E-state index contributed by atoms with van der Waals surface area (Å²) in [5.41, 5.74) is 0.416. The fourth-order valence-electron chi connectivity index (χ4n) is 12.7. The van der Waals surface area contributed by atoms with Crippen LogP contribution in [0.3, 0.4) is 0 Å². The Hall–Kier alpha value is -0.210. The van der Waals surface area contributed by atoms with Gasteiger partial charge in [0.05, 0.1) is 30.7 Å². The molecule has 1 saturated heterocycles. The average molecular weight is 564 g/mol. The van der Waals surface area contributed by atoms with Gasteiger partial charge in [-0.1, -0.05) is 34.6 Å². The average Bonchev–Trinajstić information content (AvgIpc) is 3.76. The van der Waals surface area contributed by atoms with E-state index in [-0.39, 0.29) is 34.6 Å². The van der Waals surface area contributed by atoms with Crippen molar-refractivity contribution in [2.75, 3.05) is 19.3 Å². The van der Waals surface area contributed by atoms with Crippen molar-refractivity contribution >= 4 is 10.0 Å². The largest absolute Gasteiger partial charge is 0.393 e. The Balaban J connectivity index is 1.18. The molecule has 12 atom stereocenters. The minimum Gasteiger partial charge on any atom is -0.393 e. The lowest BCUT2D eigenvalue weighted by molar-refractivity contribution is -0.182. The number of hydrogen-bond acceptors (Lipinski definition) is 5. The Morgan fingerprint density at radius 2 is 1.56 bits per heavy atom. The zero-order valence-corrected chi connectivity index (χ0v) is 26.0. The minimum atomic E-state index is -3.29. The monoisotopic (exact) mass is 563 g/mol. The van der Waals surface area contributed by atoms with Crippen LogP contribution in [0.4, 0.5) is 0 Å². The molecule has 0 radical (unpaired) electrons. The summed E-state index contributed by atoms with van der Waals surface area (Å²) in [7, 11) is -3.29. The number of ether oxygens (including phenoxy) is 1. The van der Waals surface area contributed by atoms with Crippen LogP contribution in [0.15, 0.2) is 0 Å². The molecule has 0 aromatic heterocycles. The topological polar surface area (TPSA) is 87.1 Å². The van der Waals surface area contributed by atoms with Gasteiger partial charge in [-0.25, -0.2) is 8.42 Å². The van der Waals surface area contributed by atoms with Crippen molar-refractivity contribution in [2.24, 2.45) is 56.7 Å². The second-order valence-electron chi connectivity index (χ2n) is 16.7. The Kier molecular flexibility index (Phi) is 5.83. The standard InChI is InChI=1S/C32H53NO5S/c1-19-15-21(17-33(39(6,36)37)16-20-7-8-20)38-26-25(19)29(4)13-14-32-18-31(32)12-11-24(34)28(2,3)22(31)9-10-23(32)30(29,5)27(26)35/h19-27,34-35H,7-18H2,1-6H3/t19-,21?,22+,23?,24?,25+,26?,27+,29-,30-,31-,32+/m1/s1. The van der Waals surface area contributed by atoms with Crippen LogP contribution in [0.1, 0.15) is 98.8 Å². The van der Waals surface area contributed by atoms with Crippen LogP contribution in [-0.4, -0.2) is 66.7 Å². The van der Waals surface area contributed by atoms with Crippen LogP contribution in [-0.2, 0) is 14.8 Å². The van der Waals surface area contributed by atoms with E-state index in [1.807, 2.05) is 0 Å². The van der Waals surface area contributed by atoms with E-state index in [0.29, 0.717) is 53.5 Å². The molecule has 7 rings (SSSR count). The van der Waals surface area contributed by atoms with Crippen molar-refractivity contribution in [3.63, 3.8) is 0 Å². The van der Waals surface area contributed by atoms with Crippen molar-refractivity contribution in [3.8, 4) is 0 Å². The molecule has 7 fully saturated rings. The first-order chi connectivity index (χ1) is 18.1. The zero-order chi connectivity index (χ0) is 28.0. The van der Waals surface area contributed by atoms with Gasteiger partial charge >= 0.3 is 0 Å². The second-order valence-corrected chi connectivity index (χ2v) is 18.7. The molecule has 222 valence electrons. The van der Waals surface area contributed by atoms with E-state index in [0.717, 1.165) is 51.4 Å². The molecule has 6 saturated carbocycles. The third kappa shape index (κ3) is 3.43. The molecule has 6 aliphatic carbocycles. The first-order valence-corrected chi connectivity index (χ1v) is 17.9. The van der Waals surface area contributed by atoms with Gasteiger partial charge in [-0.05, 0) is 115 Å². The number of rotatable bonds is 5. The van der Waals surface area contributed by atoms with Crippen LogP contribution in [0.5, 0.6) is 0 Å². The molecule has 2 N–H and O–H groups in total. The van der Waals surface area contributed by atoms with Crippen molar-refractivity contribution < 1.29 is 23.4 Å². The summed E-state index contributed by atoms with van der Waals surface area (Å²) in [5, 5.41) is 23.3. The number of hydrogen-bond donors (Lipinski definition) is 2. The number of aliphatic hydroxyl groups is 2. The molecule has 4 unspecified atom stereocenters. The highest BCUT2D eigenvalue weighted by Gasteiger charge is 2.84. The summed E-state index contributed by atoms with van der Waals surface area (Å²) in [6.45, 7) is 12.9. The fraction of sp³-hybridized carbons (Fsp3) is 1.00. The predicted octanol–water partition coefficient (Wildman–Crippen LogP) is 4.83. The maximum Gasteiger partial charge on any atom is 0.211 e. The predicted molar refractivity (Wildman–Crippen MR) is 151 cm³/mol. The van der Waals surface area contributed by atoms with Gasteiger partial charge in [0.15, 0.2) is 0 Å². The van der Waals surface area contributed by atoms with E-state index in [2.05, 4.69) is 34.6 Å². The van der Waals surface area contributed by atoms with Gasteiger partial charge in [-0.15, -0.1) is 0 Å². The summed E-state index contributed by atoms with van der Waals surface area (Å²) >= 11 is 0.